The number of hydrogen-bond acceptors (Lipinski definition) is 3. The van der Waals surface area contributed by atoms with Crippen LogP contribution in [0.4, 0.5) is 13.2 Å². The maximum Gasteiger partial charge on any atom is 0.410 e. The van der Waals surface area contributed by atoms with Gasteiger partial charge in [-0.1, -0.05) is 36.4 Å². The molecule has 4 nitrogen and oxygen atoms in total. The predicted molar refractivity (Wildman–Crippen MR) is 83.4 cm³/mol. The monoisotopic (exact) mass is 338 g/mol. The molecule has 128 valence electrons. The molecule has 0 radical (unpaired) electrons. The van der Waals surface area contributed by atoms with Gasteiger partial charge in [-0.2, -0.15) is 13.2 Å². The number of rotatable bonds is 4. The summed E-state index contributed by atoms with van der Waals surface area (Å²) >= 11 is 0. The number of carbonyl (C=O) groups excluding carboxylic acids is 1. The third kappa shape index (κ3) is 3.03. The number of alkyl halides is 3. The van der Waals surface area contributed by atoms with Crippen molar-refractivity contribution in [1.82, 2.24) is 10.4 Å². The lowest BCUT2D eigenvalue weighted by Gasteiger charge is -2.30. The number of ether oxygens (including phenoxy) is 1. The summed E-state index contributed by atoms with van der Waals surface area (Å²) in [6.45, 7) is 1.98. The lowest BCUT2D eigenvalue weighted by molar-refractivity contribution is -0.191. The Morgan fingerprint density at radius 3 is 2.62 bits per heavy atom. The number of hydrazine groups is 1. The Bertz CT molecular complexity index is 761. The molecule has 1 atom stereocenters. The van der Waals surface area contributed by atoms with Crippen LogP contribution in [0.5, 0.6) is 5.75 Å². The fourth-order valence-corrected chi connectivity index (χ4v) is 2.99. The van der Waals surface area contributed by atoms with E-state index in [9.17, 15) is 18.0 Å². The van der Waals surface area contributed by atoms with Crippen molar-refractivity contribution in [2.75, 3.05) is 13.2 Å². The SMILES string of the molecule is CCOc1c([C@H](N2CCC(=O)N2)C(F)(F)F)ccc2ccccc12. The number of carbonyl (C=O) groups is 1. The van der Waals surface area contributed by atoms with Crippen molar-refractivity contribution >= 4 is 16.7 Å². The number of amides is 1. The van der Waals surface area contributed by atoms with Crippen LogP contribution in [0.25, 0.3) is 10.8 Å². The average molecular weight is 338 g/mol. The van der Waals surface area contributed by atoms with Gasteiger partial charge in [-0.15, -0.1) is 0 Å². The van der Waals surface area contributed by atoms with E-state index in [0.717, 1.165) is 10.4 Å². The van der Waals surface area contributed by atoms with E-state index in [1.807, 2.05) is 12.1 Å². The standard InChI is InChI=1S/C17H17F3N2O2/c1-2-24-15-12-6-4-3-5-11(12)7-8-13(15)16(17(18,19)20)22-10-9-14(23)21-22/h3-8,16H,2,9-10H2,1H3,(H,21,23)/t16-/m0/s1. The van der Waals surface area contributed by atoms with Crippen LogP contribution in [0.15, 0.2) is 36.4 Å². The smallest absolute Gasteiger partial charge is 0.410 e. The van der Waals surface area contributed by atoms with Crippen LogP contribution < -0.4 is 10.2 Å². The van der Waals surface area contributed by atoms with Crippen molar-refractivity contribution in [2.24, 2.45) is 0 Å². The van der Waals surface area contributed by atoms with Crippen LogP contribution in [0, 0.1) is 0 Å². The van der Waals surface area contributed by atoms with Crippen LogP contribution in [-0.2, 0) is 4.79 Å². The summed E-state index contributed by atoms with van der Waals surface area (Å²) in [5.74, 6) is -0.206. The van der Waals surface area contributed by atoms with Gasteiger partial charge in [-0.25, -0.2) is 5.01 Å². The molecule has 0 saturated carbocycles. The number of nitrogens with zero attached hydrogens (tertiary/aromatic N) is 1. The van der Waals surface area contributed by atoms with Crippen LogP contribution in [-0.4, -0.2) is 30.2 Å². The van der Waals surface area contributed by atoms with Crippen molar-refractivity contribution in [3.05, 3.63) is 42.0 Å². The Morgan fingerprint density at radius 2 is 2.00 bits per heavy atom. The molecule has 7 heteroatoms. The van der Waals surface area contributed by atoms with E-state index in [4.69, 9.17) is 4.74 Å². The number of nitrogens with one attached hydrogen (secondary N) is 1. The van der Waals surface area contributed by atoms with Gasteiger partial charge in [0.1, 0.15) is 5.75 Å². The minimum Gasteiger partial charge on any atom is -0.493 e. The Labute approximate surface area is 137 Å². The van der Waals surface area contributed by atoms with Crippen LogP contribution in [0.2, 0.25) is 0 Å². The van der Waals surface area contributed by atoms with Crippen molar-refractivity contribution in [1.29, 1.82) is 0 Å². The molecule has 3 rings (SSSR count). The van der Waals surface area contributed by atoms with E-state index in [1.165, 1.54) is 6.07 Å². The van der Waals surface area contributed by atoms with E-state index >= 15 is 0 Å². The van der Waals surface area contributed by atoms with E-state index in [2.05, 4.69) is 5.43 Å². The molecule has 24 heavy (non-hydrogen) atoms. The molecule has 1 amide bonds. The number of fused-ring (bicyclic) bond motifs is 1. The first-order valence-electron chi connectivity index (χ1n) is 7.69. The highest BCUT2D eigenvalue weighted by molar-refractivity contribution is 5.90. The Balaban J connectivity index is 2.16. The molecule has 1 heterocycles. The third-order valence-electron chi connectivity index (χ3n) is 3.96. The largest absolute Gasteiger partial charge is 0.493 e. The maximum absolute atomic E-state index is 13.8. The van der Waals surface area contributed by atoms with Gasteiger partial charge in [-0.3, -0.25) is 10.2 Å². The summed E-state index contributed by atoms with van der Waals surface area (Å²) in [6, 6.07) is 8.26. The second-order valence-electron chi connectivity index (χ2n) is 5.56. The van der Waals surface area contributed by atoms with Crippen molar-refractivity contribution < 1.29 is 22.7 Å². The molecule has 0 aliphatic carbocycles. The van der Waals surface area contributed by atoms with Crippen molar-refractivity contribution in [3.63, 3.8) is 0 Å². The minimum atomic E-state index is -4.55. The van der Waals surface area contributed by atoms with Gasteiger partial charge in [0.15, 0.2) is 6.04 Å². The third-order valence-corrected chi connectivity index (χ3v) is 3.96. The first-order chi connectivity index (χ1) is 11.4. The minimum absolute atomic E-state index is 0.00139. The molecule has 0 unspecified atom stereocenters. The number of hydrogen-bond donors (Lipinski definition) is 1. The number of benzene rings is 2. The van der Waals surface area contributed by atoms with E-state index in [-0.39, 0.29) is 30.9 Å². The van der Waals surface area contributed by atoms with Gasteiger partial charge in [-0.05, 0) is 12.3 Å². The lowest BCUT2D eigenvalue weighted by Crippen LogP contribution is -2.43. The number of halogens is 3. The normalized spacial score (nSPS) is 17.1. The predicted octanol–water partition coefficient (Wildman–Crippen LogP) is 3.58. The summed E-state index contributed by atoms with van der Waals surface area (Å²) in [5.41, 5.74) is 2.30. The van der Waals surface area contributed by atoms with Crippen molar-refractivity contribution in [2.45, 2.75) is 25.6 Å². The fraction of sp³-hybridized carbons (Fsp3) is 0.353. The van der Waals surface area contributed by atoms with Gasteiger partial charge >= 0.3 is 6.18 Å². The van der Waals surface area contributed by atoms with Crippen LogP contribution >= 0.6 is 0 Å². The summed E-state index contributed by atoms with van der Waals surface area (Å²) in [7, 11) is 0. The van der Waals surface area contributed by atoms with Gasteiger partial charge in [0, 0.05) is 23.9 Å². The molecule has 1 saturated heterocycles. The molecular formula is C17H17F3N2O2. The average Bonchev–Trinajstić information content (AvgIpc) is 2.94. The molecule has 2 aromatic carbocycles. The second kappa shape index (κ2) is 6.32. The van der Waals surface area contributed by atoms with Gasteiger partial charge < -0.3 is 4.74 Å². The van der Waals surface area contributed by atoms with E-state index < -0.39 is 18.1 Å². The van der Waals surface area contributed by atoms with E-state index in [1.54, 1.807) is 25.1 Å². The van der Waals surface area contributed by atoms with E-state index in [0.29, 0.717) is 5.39 Å². The molecule has 1 fully saturated rings. The summed E-state index contributed by atoms with van der Waals surface area (Å²) in [6.07, 6.45) is -4.50. The van der Waals surface area contributed by atoms with Gasteiger partial charge in [0.05, 0.1) is 6.61 Å². The molecule has 1 aliphatic rings. The van der Waals surface area contributed by atoms with Crippen LogP contribution in [0.3, 0.4) is 0 Å². The zero-order valence-electron chi connectivity index (χ0n) is 13.1. The Morgan fingerprint density at radius 1 is 1.25 bits per heavy atom. The molecule has 2 aromatic rings. The zero-order valence-corrected chi connectivity index (χ0v) is 13.1. The molecule has 1 aliphatic heterocycles. The Hall–Kier alpha value is -2.28. The molecule has 0 spiro atoms. The highest BCUT2D eigenvalue weighted by Gasteiger charge is 2.48. The second-order valence-corrected chi connectivity index (χ2v) is 5.56. The molecule has 1 N–H and O–H groups in total. The summed E-state index contributed by atoms with van der Waals surface area (Å²) in [5, 5.41) is 2.36. The summed E-state index contributed by atoms with van der Waals surface area (Å²) in [4.78, 5) is 11.4. The van der Waals surface area contributed by atoms with Crippen LogP contribution in [0.1, 0.15) is 24.9 Å². The molecule has 0 aromatic heterocycles. The lowest BCUT2D eigenvalue weighted by atomic mass is 9.99. The van der Waals surface area contributed by atoms with Gasteiger partial charge in [0.2, 0.25) is 5.91 Å². The molecule has 0 bridgehead atoms. The summed E-state index contributed by atoms with van der Waals surface area (Å²) < 4.78 is 46.8. The first-order valence-corrected chi connectivity index (χ1v) is 7.69. The highest BCUT2D eigenvalue weighted by Crippen LogP contribution is 2.44. The fourth-order valence-electron chi connectivity index (χ4n) is 2.99. The zero-order chi connectivity index (χ0) is 17.3. The Kier molecular flexibility index (Phi) is 4.36. The molecular weight excluding hydrogens is 321 g/mol. The first kappa shape index (κ1) is 16.6. The maximum atomic E-state index is 13.8. The topological polar surface area (TPSA) is 41.6 Å². The quantitative estimate of drug-likeness (QED) is 0.926. The van der Waals surface area contributed by atoms with Gasteiger partial charge in [0.25, 0.3) is 0 Å². The van der Waals surface area contributed by atoms with Crippen molar-refractivity contribution in [3.8, 4) is 5.75 Å². The highest BCUT2D eigenvalue weighted by atomic mass is 19.4.